The largest absolute Gasteiger partial charge is 0.322 e. The van der Waals surface area contributed by atoms with E-state index in [4.69, 9.17) is 0 Å². The maximum atomic E-state index is 12.3. The van der Waals surface area contributed by atoms with Crippen LogP contribution in [-0.2, 0) is 10.8 Å². The quantitative estimate of drug-likeness (QED) is 0.850. The fourth-order valence-corrected chi connectivity index (χ4v) is 3.30. The van der Waals surface area contributed by atoms with E-state index in [2.05, 4.69) is 31.1 Å². The second-order valence-electron chi connectivity index (χ2n) is 6.03. The lowest BCUT2D eigenvalue weighted by Gasteiger charge is -2.16. The molecule has 0 saturated heterocycles. The van der Waals surface area contributed by atoms with Crippen LogP contribution >= 0.6 is 11.8 Å². The highest BCUT2D eigenvalue weighted by atomic mass is 32.2. The molecule has 0 spiro atoms. The molecule has 1 N–H and O–H groups in total. The van der Waals surface area contributed by atoms with Crippen LogP contribution in [0.2, 0.25) is 0 Å². The molecular formula is C17H20N2O2S2. The predicted molar refractivity (Wildman–Crippen MR) is 96.6 cm³/mol. The number of nitrogens with zero attached hydrogens (tertiary/aromatic N) is 1. The van der Waals surface area contributed by atoms with Crippen LogP contribution in [0.4, 0.5) is 5.69 Å². The van der Waals surface area contributed by atoms with Crippen molar-refractivity contribution < 1.29 is 9.00 Å². The summed E-state index contributed by atoms with van der Waals surface area (Å²) in [5.74, 6) is -0.187. The first-order chi connectivity index (χ1) is 10.7. The van der Waals surface area contributed by atoms with Crippen molar-refractivity contribution in [3.05, 3.63) is 48.2 Å². The van der Waals surface area contributed by atoms with Crippen molar-refractivity contribution in [2.24, 2.45) is 0 Å². The normalized spacial score (nSPS) is 12.7. The number of thioether (sulfide) groups is 1. The Hall–Kier alpha value is -1.66. The van der Waals surface area contributed by atoms with Crippen LogP contribution in [0.1, 0.15) is 31.1 Å². The Bertz CT molecular complexity index is 722. The van der Waals surface area contributed by atoms with Gasteiger partial charge in [-0.3, -0.25) is 9.00 Å². The maximum Gasteiger partial charge on any atom is 0.255 e. The van der Waals surface area contributed by atoms with E-state index in [9.17, 15) is 9.00 Å². The highest BCUT2D eigenvalue weighted by molar-refractivity contribution is 8.00. The first-order valence-electron chi connectivity index (χ1n) is 7.14. The summed E-state index contributed by atoms with van der Waals surface area (Å²) in [6, 6.07) is 10.5. The molecule has 1 amide bonds. The number of amides is 1. The standard InChI is InChI=1S/C17H20N2O2S2/c1-17(2,3)22-15-11-12(9-10-18-15)16(20)19-13-5-7-14(8-6-13)23(4)21/h5-11H,1-4H3,(H,19,20)/t23-/m1/s1. The zero-order chi connectivity index (χ0) is 17.0. The van der Waals surface area contributed by atoms with Crippen LogP contribution in [0.5, 0.6) is 0 Å². The van der Waals surface area contributed by atoms with Crippen molar-refractivity contribution in [3.63, 3.8) is 0 Å². The van der Waals surface area contributed by atoms with Crippen molar-refractivity contribution in [2.45, 2.75) is 35.4 Å². The van der Waals surface area contributed by atoms with Gasteiger partial charge in [0.25, 0.3) is 5.91 Å². The van der Waals surface area contributed by atoms with E-state index >= 15 is 0 Å². The number of carbonyl (C=O) groups excluding carboxylic acids is 1. The molecule has 1 aromatic carbocycles. The number of nitrogens with one attached hydrogen (secondary N) is 1. The highest BCUT2D eigenvalue weighted by Crippen LogP contribution is 2.30. The molecule has 0 aliphatic carbocycles. The van der Waals surface area contributed by atoms with E-state index in [1.54, 1.807) is 60.6 Å². The second kappa shape index (κ2) is 7.27. The monoisotopic (exact) mass is 348 g/mol. The lowest BCUT2D eigenvalue weighted by Crippen LogP contribution is -2.13. The molecule has 1 heterocycles. The van der Waals surface area contributed by atoms with Gasteiger partial charge in [0.1, 0.15) is 0 Å². The Labute approximate surface area is 143 Å². The number of carbonyl (C=O) groups is 1. The Morgan fingerprint density at radius 3 is 2.39 bits per heavy atom. The van der Waals surface area contributed by atoms with Gasteiger partial charge in [-0.15, -0.1) is 11.8 Å². The smallest absolute Gasteiger partial charge is 0.255 e. The molecule has 0 radical (unpaired) electrons. The van der Waals surface area contributed by atoms with Gasteiger partial charge in [-0.05, 0) is 36.4 Å². The average Bonchev–Trinajstić information content (AvgIpc) is 2.46. The summed E-state index contributed by atoms with van der Waals surface area (Å²) in [4.78, 5) is 17.4. The molecule has 4 nitrogen and oxygen atoms in total. The summed E-state index contributed by atoms with van der Waals surface area (Å²) in [5.41, 5.74) is 1.24. The van der Waals surface area contributed by atoms with Crippen molar-refractivity contribution in [1.29, 1.82) is 0 Å². The molecule has 2 rings (SSSR count). The van der Waals surface area contributed by atoms with E-state index in [-0.39, 0.29) is 10.7 Å². The van der Waals surface area contributed by atoms with Gasteiger partial charge in [-0.25, -0.2) is 4.98 Å². The second-order valence-corrected chi connectivity index (χ2v) is 9.26. The third-order valence-corrected chi connectivity index (χ3v) is 4.83. The molecule has 0 fully saturated rings. The molecule has 0 unspecified atom stereocenters. The third kappa shape index (κ3) is 5.48. The minimum Gasteiger partial charge on any atom is -0.322 e. The molecule has 0 saturated carbocycles. The van der Waals surface area contributed by atoms with Gasteiger partial charge in [-0.2, -0.15) is 0 Å². The van der Waals surface area contributed by atoms with Gasteiger partial charge < -0.3 is 5.32 Å². The van der Waals surface area contributed by atoms with Gasteiger partial charge in [0.15, 0.2) is 0 Å². The van der Waals surface area contributed by atoms with E-state index in [1.165, 1.54) is 0 Å². The molecule has 0 bridgehead atoms. The van der Waals surface area contributed by atoms with Crippen molar-refractivity contribution in [2.75, 3.05) is 11.6 Å². The van der Waals surface area contributed by atoms with Crippen LogP contribution in [-0.4, -0.2) is 26.1 Å². The van der Waals surface area contributed by atoms with Crippen LogP contribution in [0.15, 0.2) is 52.5 Å². The van der Waals surface area contributed by atoms with Gasteiger partial charge in [0, 0.05) is 44.1 Å². The number of anilines is 1. The van der Waals surface area contributed by atoms with Crippen LogP contribution in [0, 0.1) is 0 Å². The molecule has 2 aromatic rings. The Kier molecular flexibility index (Phi) is 5.59. The van der Waals surface area contributed by atoms with Crippen molar-refractivity contribution in [3.8, 4) is 0 Å². The first-order valence-corrected chi connectivity index (χ1v) is 9.52. The number of aromatic nitrogens is 1. The molecular weight excluding hydrogens is 328 g/mol. The van der Waals surface area contributed by atoms with E-state index < -0.39 is 10.8 Å². The van der Waals surface area contributed by atoms with Crippen LogP contribution in [0.25, 0.3) is 0 Å². The lowest BCUT2D eigenvalue weighted by atomic mass is 10.2. The summed E-state index contributed by atoms with van der Waals surface area (Å²) >= 11 is 1.62. The topological polar surface area (TPSA) is 59.1 Å². The SMILES string of the molecule is C[S@@](=O)c1ccc(NC(=O)c2ccnc(SC(C)(C)C)c2)cc1. The summed E-state index contributed by atoms with van der Waals surface area (Å²) in [5, 5.41) is 3.66. The minimum absolute atomic E-state index is 0.0354. The average molecular weight is 348 g/mol. The Morgan fingerprint density at radius 2 is 1.83 bits per heavy atom. The van der Waals surface area contributed by atoms with Crippen molar-refractivity contribution in [1.82, 2.24) is 4.98 Å². The third-order valence-electron chi connectivity index (χ3n) is 2.85. The minimum atomic E-state index is -1.02. The molecule has 23 heavy (non-hydrogen) atoms. The molecule has 0 aliphatic heterocycles. The van der Waals surface area contributed by atoms with E-state index in [0.717, 1.165) is 9.92 Å². The number of hydrogen-bond acceptors (Lipinski definition) is 4. The van der Waals surface area contributed by atoms with Crippen molar-refractivity contribution >= 4 is 34.2 Å². The van der Waals surface area contributed by atoms with Gasteiger partial charge in [0.05, 0.1) is 5.03 Å². The van der Waals surface area contributed by atoms with E-state index in [0.29, 0.717) is 11.3 Å². The Morgan fingerprint density at radius 1 is 1.17 bits per heavy atom. The number of hydrogen-bond donors (Lipinski definition) is 1. The lowest BCUT2D eigenvalue weighted by molar-refractivity contribution is 0.102. The summed E-state index contributed by atoms with van der Waals surface area (Å²) in [7, 11) is -1.02. The molecule has 1 atom stereocenters. The summed E-state index contributed by atoms with van der Waals surface area (Å²) in [6.07, 6.45) is 3.27. The zero-order valence-corrected chi connectivity index (χ0v) is 15.3. The fraction of sp³-hybridized carbons (Fsp3) is 0.294. The van der Waals surface area contributed by atoms with Gasteiger partial charge >= 0.3 is 0 Å². The molecule has 0 aliphatic rings. The molecule has 1 aromatic heterocycles. The predicted octanol–water partition coefficient (Wildman–Crippen LogP) is 3.96. The number of pyridine rings is 1. The van der Waals surface area contributed by atoms with Crippen LogP contribution in [0.3, 0.4) is 0 Å². The highest BCUT2D eigenvalue weighted by Gasteiger charge is 2.15. The van der Waals surface area contributed by atoms with Gasteiger partial charge in [0.2, 0.25) is 0 Å². The summed E-state index contributed by atoms with van der Waals surface area (Å²) in [6.45, 7) is 6.31. The van der Waals surface area contributed by atoms with Crippen LogP contribution < -0.4 is 5.32 Å². The summed E-state index contributed by atoms with van der Waals surface area (Å²) < 4.78 is 11.4. The maximum absolute atomic E-state index is 12.3. The first kappa shape index (κ1) is 17.7. The number of benzene rings is 1. The Balaban J connectivity index is 2.11. The fourth-order valence-electron chi connectivity index (χ4n) is 1.85. The zero-order valence-electron chi connectivity index (χ0n) is 13.6. The molecule has 6 heteroatoms. The van der Waals surface area contributed by atoms with Gasteiger partial charge in [-0.1, -0.05) is 20.8 Å². The molecule has 122 valence electrons. The number of rotatable bonds is 4. The van der Waals surface area contributed by atoms with E-state index in [1.807, 2.05) is 0 Å².